The van der Waals surface area contributed by atoms with Gasteiger partial charge in [0, 0.05) is 39.1 Å². The molecule has 0 bridgehead atoms. The molecule has 0 fully saturated rings. The van der Waals surface area contributed by atoms with Crippen molar-refractivity contribution in [3.8, 4) is 39.3 Å². The largest absolute Gasteiger partial charge is 0.311 e. The number of para-hydroxylation sites is 2. The van der Waals surface area contributed by atoms with Gasteiger partial charge in [-0.3, -0.25) is 4.57 Å². The molecule has 3 heteroatoms. The van der Waals surface area contributed by atoms with Crippen molar-refractivity contribution < 1.29 is 0 Å². The Morgan fingerprint density at radius 3 is 1.39 bits per heavy atom. The summed E-state index contributed by atoms with van der Waals surface area (Å²) in [7, 11) is 0. The third-order valence-corrected chi connectivity index (χ3v) is 12.4. The van der Waals surface area contributed by atoms with Gasteiger partial charge in [-0.05, 0) is 109 Å². The summed E-state index contributed by atoms with van der Waals surface area (Å²) in [6.07, 6.45) is 0. The van der Waals surface area contributed by atoms with Crippen LogP contribution in [0.1, 0.15) is 0 Å². The summed E-state index contributed by atoms with van der Waals surface area (Å²) in [6.45, 7) is 0. The smallest absolute Gasteiger partial charge is 0.145 e. The van der Waals surface area contributed by atoms with Gasteiger partial charge in [0.1, 0.15) is 5.82 Å². The van der Waals surface area contributed by atoms with Crippen LogP contribution in [-0.2, 0) is 0 Å². The maximum Gasteiger partial charge on any atom is 0.145 e. The van der Waals surface area contributed by atoms with E-state index in [0.29, 0.717) is 0 Å². The van der Waals surface area contributed by atoms with Crippen molar-refractivity contribution in [2.45, 2.75) is 0 Å². The number of anilines is 3. The number of fused-ring (bicyclic) bond motifs is 9. The Morgan fingerprint density at radius 2 is 0.758 bits per heavy atom. The van der Waals surface area contributed by atoms with E-state index >= 15 is 0 Å². The fourth-order valence-electron chi connectivity index (χ4n) is 9.45. The van der Waals surface area contributed by atoms with Crippen LogP contribution in [0.3, 0.4) is 0 Å². The lowest BCUT2D eigenvalue weighted by Gasteiger charge is -2.25. The molecule has 0 unspecified atom stereocenters. The maximum absolute atomic E-state index is 5.54. The first-order chi connectivity index (χ1) is 30.8. The Kier molecular flexibility index (Phi) is 8.50. The van der Waals surface area contributed by atoms with Crippen molar-refractivity contribution in [3.05, 3.63) is 237 Å². The van der Waals surface area contributed by atoms with Crippen molar-refractivity contribution >= 4 is 71.2 Å². The highest BCUT2D eigenvalue weighted by molar-refractivity contribution is 6.24. The Morgan fingerprint density at radius 1 is 0.323 bits per heavy atom. The van der Waals surface area contributed by atoms with Gasteiger partial charge in [0.05, 0.1) is 11.0 Å². The van der Waals surface area contributed by atoms with Crippen LogP contribution in [0, 0.1) is 0 Å². The number of hydrogen-bond donors (Lipinski definition) is 0. The minimum Gasteiger partial charge on any atom is -0.311 e. The first-order valence-corrected chi connectivity index (χ1v) is 21.2. The van der Waals surface area contributed by atoms with Crippen molar-refractivity contribution in [3.63, 3.8) is 0 Å². The highest BCUT2D eigenvalue weighted by Crippen LogP contribution is 2.41. The van der Waals surface area contributed by atoms with E-state index < -0.39 is 0 Å². The second-order valence-electron chi connectivity index (χ2n) is 15.9. The molecule has 0 spiro atoms. The summed E-state index contributed by atoms with van der Waals surface area (Å²) in [5, 5.41) is 9.81. The second kappa shape index (κ2) is 14.8. The molecule has 290 valence electrons. The van der Waals surface area contributed by atoms with E-state index in [2.05, 4.69) is 246 Å². The maximum atomic E-state index is 5.54. The summed E-state index contributed by atoms with van der Waals surface area (Å²) in [5.74, 6) is 0.911. The predicted octanol–water partition coefficient (Wildman–Crippen LogP) is 16.1. The molecule has 3 nitrogen and oxygen atoms in total. The molecule has 0 saturated heterocycles. The minimum absolute atomic E-state index is 0.911. The van der Waals surface area contributed by atoms with E-state index in [1.54, 1.807) is 0 Å². The Hall–Kier alpha value is -8.27. The van der Waals surface area contributed by atoms with Crippen LogP contribution in [0.25, 0.3) is 93.5 Å². The molecule has 12 aromatic rings. The highest BCUT2D eigenvalue weighted by atomic mass is 15.1. The molecule has 1 heterocycles. The van der Waals surface area contributed by atoms with Crippen LogP contribution in [0.4, 0.5) is 17.1 Å². The molecule has 11 aromatic carbocycles. The van der Waals surface area contributed by atoms with Crippen LogP contribution in [0.2, 0.25) is 0 Å². The predicted molar refractivity (Wildman–Crippen MR) is 262 cm³/mol. The van der Waals surface area contributed by atoms with Crippen LogP contribution in [-0.4, -0.2) is 9.55 Å². The highest BCUT2D eigenvalue weighted by Gasteiger charge is 2.21. The standard InChI is InChI=1S/C59H39N3/c1-3-16-45(17-4-1)61(46-18-5-2-6-19-46)47-35-31-41(32-36-47)40-27-29-43(30-28-40)59-60-57-54-25-13-11-22-51(54)52-23-12-14-26-55(52)58(57)62(59)48-37-33-42(34-38-48)56-39-44-15-7-8-20-49(44)50-21-9-10-24-53(50)56/h1-39H. The van der Waals surface area contributed by atoms with Crippen LogP contribution in [0.5, 0.6) is 0 Å². The number of imidazole rings is 1. The molecule has 0 amide bonds. The van der Waals surface area contributed by atoms with Gasteiger partial charge >= 0.3 is 0 Å². The molecular formula is C59H39N3. The first-order valence-electron chi connectivity index (χ1n) is 21.2. The molecule has 0 aliphatic rings. The zero-order valence-corrected chi connectivity index (χ0v) is 33.9. The molecular weight excluding hydrogens is 751 g/mol. The molecule has 0 atom stereocenters. The average Bonchev–Trinajstić information content (AvgIpc) is 3.76. The summed E-state index contributed by atoms with van der Waals surface area (Å²) < 4.78 is 2.37. The van der Waals surface area contributed by atoms with Gasteiger partial charge in [0.25, 0.3) is 0 Å². The number of rotatable bonds is 7. The van der Waals surface area contributed by atoms with Crippen LogP contribution in [0.15, 0.2) is 237 Å². The van der Waals surface area contributed by atoms with E-state index in [1.165, 1.54) is 48.8 Å². The molecule has 12 rings (SSSR count). The van der Waals surface area contributed by atoms with Crippen molar-refractivity contribution in [1.82, 2.24) is 9.55 Å². The zero-order chi connectivity index (χ0) is 41.0. The topological polar surface area (TPSA) is 21.1 Å². The van der Waals surface area contributed by atoms with E-state index in [-0.39, 0.29) is 0 Å². The van der Waals surface area contributed by atoms with E-state index in [4.69, 9.17) is 4.98 Å². The fraction of sp³-hybridized carbons (Fsp3) is 0. The van der Waals surface area contributed by atoms with E-state index in [9.17, 15) is 0 Å². The monoisotopic (exact) mass is 789 g/mol. The minimum atomic E-state index is 0.911. The Bertz CT molecular complexity index is 3550. The quantitative estimate of drug-likeness (QED) is 0.150. The van der Waals surface area contributed by atoms with Gasteiger partial charge < -0.3 is 4.90 Å². The van der Waals surface area contributed by atoms with Gasteiger partial charge in [-0.25, -0.2) is 4.98 Å². The van der Waals surface area contributed by atoms with E-state index in [0.717, 1.165) is 61.7 Å². The lowest BCUT2D eigenvalue weighted by atomic mass is 9.93. The number of nitrogens with zero attached hydrogens (tertiary/aromatic N) is 3. The van der Waals surface area contributed by atoms with Gasteiger partial charge in [0.2, 0.25) is 0 Å². The first kappa shape index (κ1) is 35.7. The fourth-order valence-corrected chi connectivity index (χ4v) is 9.45. The summed E-state index contributed by atoms with van der Waals surface area (Å²) in [5.41, 5.74) is 12.3. The zero-order valence-electron chi connectivity index (χ0n) is 33.9. The SMILES string of the molecule is c1ccc(N(c2ccccc2)c2ccc(-c3ccc(-c4nc5c6ccccc6c6ccccc6c5n4-c4ccc(-c5cc6ccccc6c6ccccc56)cc4)cc3)cc2)cc1. The summed E-state index contributed by atoms with van der Waals surface area (Å²) in [4.78, 5) is 7.83. The van der Waals surface area contributed by atoms with Crippen molar-refractivity contribution in [1.29, 1.82) is 0 Å². The second-order valence-corrected chi connectivity index (χ2v) is 15.9. The molecule has 0 N–H and O–H groups in total. The normalized spacial score (nSPS) is 11.5. The molecule has 0 aliphatic carbocycles. The third kappa shape index (κ3) is 5.94. The third-order valence-electron chi connectivity index (χ3n) is 12.4. The van der Waals surface area contributed by atoms with Crippen molar-refractivity contribution in [2.24, 2.45) is 0 Å². The van der Waals surface area contributed by atoms with Gasteiger partial charge in [-0.2, -0.15) is 0 Å². The van der Waals surface area contributed by atoms with Gasteiger partial charge in [0.15, 0.2) is 0 Å². The van der Waals surface area contributed by atoms with Gasteiger partial charge in [-0.1, -0.05) is 182 Å². The molecule has 0 saturated carbocycles. The Balaban J connectivity index is 0.980. The van der Waals surface area contributed by atoms with Crippen LogP contribution >= 0.6 is 0 Å². The molecule has 1 aromatic heterocycles. The van der Waals surface area contributed by atoms with Gasteiger partial charge in [-0.15, -0.1) is 0 Å². The molecule has 0 radical (unpaired) electrons. The average molecular weight is 790 g/mol. The molecule has 62 heavy (non-hydrogen) atoms. The lowest BCUT2D eigenvalue weighted by molar-refractivity contribution is 1.11. The number of benzene rings is 11. The Labute approximate surface area is 360 Å². The van der Waals surface area contributed by atoms with Crippen LogP contribution < -0.4 is 4.90 Å². The molecule has 0 aliphatic heterocycles. The number of aromatic nitrogens is 2. The summed E-state index contributed by atoms with van der Waals surface area (Å²) in [6, 6.07) is 85.1. The lowest BCUT2D eigenvalue weighted by Crippen LogP contribution is -2.09. The summed E-state index contributed by atoms with van der Waals surface area (Å²) >= 11 is 0. The van der Waals surface area contributed by atoms with Crippen molar-refractivity contribution in [2.75, 3.05) is 4.90 Å². The van der Waals surface area contributed by atoms with E-state index in [1.807, 2.05) is 0 Å². The number of hydrogen-bond acceptors (Lipinski definition) is 2.